The van der Waals surface area contributed by atoms with Crippen LogP contribution in [0.2, 0.25) is 5.02 Å². The maximum Gasteiger partial charge on any atom is 0.0471 e. The number of aromatic nitrogens is 1. The molecule has 1 heterocycles. The van der Waals surface area contributed by atoms with Crippen LogP contribution in [-0.2, 0) is 5.41 Å². The molecule has 0 amide bonds. The third kappa shape index (κ3) is 2.19. The van der Waals surface area contributed by atoms with E-state index in [0.29, 0.717) is 0 Å². The van der Waals surface area contributed by atoms with Gasteiger partial charge in [-0.15, -0.1) is 0 Å². The van der Waals surface area contributed by atoms with Crippen LogP contribution in [0.15, 0.2) is 18.3 Å². The highest BCUT2D eigenvalue weighted by Gasteiger charge is 2.14. The van der Waals surface area contributed by atoms with Gasteiger partial charge in [-0.05, 0) is 12.1 Å². The van der Waals surface area contributed by atoms with E-state index >= 15 is 0 Å². The summed E-state index contributed by atoms with van der Waals surface area (Å²) in [5.41, 5.74) is 1.12. The summed E-state index contributed by atoms with van der Waals surface area (Å²) in [7, 11) is 0. The Morgan fingerprint density at radius 1 is 1.36 bits per heavy atom. The lowest BCUT2D eigenvalue weighted by Gasteiger charge is -2.16. The van der Waals surface area contributed by atoms with E-state index in [1.807, 2.05) is 6.07 Å². The van der Waals surface area contributed by atoms with Gasteiger partial charge in [-0.25, -0.2) is 0 Å². The minimum atomic E-state index is 0.0882. The van der Waals surface area contributed by atoms with E-state index < -0.39 is 0 Å². The molecule has 11 heavy (non-hydrogen) atoms. The molecular formula is C9H12ClN. The first-order valence-electron chi connectivity index (χ1n) is 3.62. The van der Waals surface area contributed by atoms with E-state index in [0.717, 1.165) is 10.7 Å². The van der Waals surface area contributed by atoms with E-state index in [-0.39, 0.29) is 5.41 Å². The van der Waals surface area contributed by atoms with Gasteiger partial charge in [0.2, 0.25) is 0 Å². The molecule has 0 N–H and O–H groups in total. The molecule has 0 aliphatic carbocycles. The Kier molecular flexibility index (Phi) is 2.19. The van der Waals surface area contributed by atoms with Crippen molar-refractivity contribution < 1.29 is 0 Å². The second-order valence-electron chi connectivity index (χ2n) is 3.61. The van der Waals surface area contributed by atoms with Gasteiger partial charge < -0.3 is 0 Å². The molecule has 0 aliphatic heterocycles. The zero-order valence-corrected chi connectivity index (χ0v) is 7.81. The second kappa shape index (κ2) is 2.82. The SMILES string of the molecule is CC(C)(C)c1cc(Cl)ccn1. The predicted molar refractivity (Wildman–Crippen MR) is 47.9 cm³/mol. The van der Waals surface area contributed by atoms with Gasteiger partial charge in [0.25, 0.3) is 0 Å². The molecule has 2 heteroatoms. The van der Waals surface area contributed by atoms with Crippen LogP contribution in [0.4, 0.5) is 0 Å². The van der Waals surface area contributed by atoms with Gasteiger partial charge in [0.1, 0.15) is 0 Å². The van der Waals surface area contributed by atoms with Gasteiger partial charge in [0.05, 0.1) is 0 Å². The smallest absolute Gasteiger partial charge is 0.0471 e. The van der Waals surface area contributed by atoms with Crippen molar-refractivity contribution in [2.45, 2.75) is 26.2 Å². The van der Waals surface area contributed by atoms with Crippen molar-refractivity contribution in [1.82, 2.24) is 4.98 Å². The molecule has 0 saturated carbocycles. The highest BCUT2D eigenvalue weighted by Crippen LogP contribution is 2.21. The highest BCUT2D eigenvalue weighted by molar-refractivity contribution is 6.30. The molecule has 1 rings (SSSR count). The summed E-state index contributed by atoms with van der Waals surface area (Å²) in [6, 6.07) is 3.69. The Labute approximate surface area is 72.4 Å². The van der Waals surface area contributed by atoms with Crippen LogP contribution in [0.5, 0.6) is 0 Å². The van der Waals surface area contributed by atoms with Gasteiger partial charge in [-0.3, -0.25) is 4.98 Å². The lowest BCUT2D eigenvalue weighted by molar-refractivity contribution is 0.569. The fourth-order valence-electron chi connectivity index (χ4n) is 0.815. The summed E-state index contributed by atoms with van der Waals surface area (Å²) in [6.07, 6.45) is 1.74. The maximum absolute atomic E-state index is 5.81. The zero-order valence-electron chi connectivity index (χ0n) is 7.06. The number of pyridine rings is 1. The molecule has 0 atom stereocenters. The Bertz CT molecular complexity index is 250. The maximum atomic E-state index is 5.81. The topological polar surface area (TPSA) is 12.9 Å². The van der Waals surface area contributed by atoms with Gasteiger partial charge >= 0.3 is 0 Å². The molecule has 0 aromatic carbocycles. The monoisotopic (exact) mass is 169 g/mol. The minimum absolute atomic E-state index is 0.0882. The van der Waals surface area contributed by atoms with E-state index in [1.165, 1.54) is 0 Å². The first-order valence-corrected chi connectivity index (χ1v) is 4.00. The zero-order chi connectivity index (χ0) is 8.48. The van der Waals surface area contributed by atoms with Gasteiger partial charge in [-0.2, -0.15) is 0 Å². The van der Waals surface area contributed by atoms with E-state index in [1.54, 1.807) is 12.3 Å². The van der Waals surface area contributed by atoms with Crippen LogP contribution in [0.3, 0.4) is 0 Å². The molecule has 1 aromatic rings. The molecule has 0 unspecified atom stereocenters. The predicted octanol–water partition coefficient (Wildman–Crippen LogP) is 3.03. The first kappa shape index (κ1) is 8.54. The molecule has 0 aliphatic rings. The average Bonchev–Trinajstić information content (AvgIpc) is 1.86. The van der Waals surface area contributed by atoms with Crippen LogP contribution in [0, 0.1) is 0 Å². The van der Waals surface area contributed by atoms with Crippen molar-refractivity contribution in [3.63, 3.8) is 0 Å². The molecule has 60 valence electrons. The van der Waals surface area contributed by atoms with Gasteiger partial charge in [-0.1, -0.05) is 32.4 Å². The summed E-state index contributed by atoms with van der Waals surface area (Å²) in [5.74, 6) is 0. The lowest BCUT2D eigenvalue weighted by atomic mass is 9.92. The molecular weight excluding hydrogens is 158 g/mol. The summed E-state index contributed by atoms with van der Waals surface area (Å²) < 4.78 is 0. The van der Waals surface area contributed by atoms with Crippen LogP contribution in [0.25, 0.3) is 0 Å². The highest BCUT2D eigenvalue weighted by atomic mass is 35.5. The normalized spacial score (nSPS) is 11.6. The quantitative estimate of drug-likeness (QED) is 0.582. The number of hydrogen-bond acceptors (Lipinski definition) is 1. The average molecular weight is 170 g/mol. The molecule has 0 saturated heterocycles. The summed E-state index contributed by atoms with van der Waals surface area (Å²) in [5, 5.41) is 0.755. The number of halogens is 1. The largest absolute Gasteiger partial charge is 0.261 e. The third-order valence-electron chi connectivity index (χ3n) is 1.49. The summed E-state index contributed by atoms with van der Waals surface area (Å²) >= 11 is 5.81. The minimum Gasteiger partial charge on any atom is -0.261 e. The molecule has 1 aromatic heterocycles. The van der Waals surface area contributed by atoms with Crippen molar-refractivity contribution in [2.24, 2.45) is 0 Å². The van der Waals surface area contributed by atoms with Crippen LogP contribution in [-0.4, -0.2) is 4.98 Å². The second-order valence-corrected chi connectivity index (χ2v) is 4.05. The van der Waals surface area contributed by atoms with Crippen LogP contribution in [0.1, 0.15) is 26.5 Å². The molecule has 0 spiro atoms. The molecule has 0 radical (unpaired) electrons. The molecule has 0 bridgehead atoms. The van der Waals surface area contributed by atoms with Crippen molar-refractivity contribution in [1.29, 1.82) is 0 Å². The molecule has 1 nitrogen and oxygen atoms in total. The fraction of sp³-hybridized carbons (Fsp3) is 0.444. The third-order valence-corrected chi connectivity index (χ3v) is 1.73. The van der Waals surface area contributed by atoms with Crippen LogP contribution < -0.4 is 0 Å². The van der Waals surface area contributed by atoms with Crippen molar-refractivity contribution in [3.8, 4) is 0 Å². The number of nitrogens with zero attached hydrogens (tertiary/aromatic N) is 1. The Balaban J connectivity index is 3.06. The van der Waals surface area contributed by atoms with E-state index in [2.05, 4.69) is 25.8 Å². The molecule has 0 fully saturated rings. The number of rotatable bonds is 0. The Hall–Kier alpha value is -0.560. The van der Waals surface area contributed by atoms with Gasteiger partial charge in [0, 0.05) is 22.3 Å². The van der Waals surface area contributed by atoms with Crippen molar-refractivity contribution in [2.75, 3.05) is 0 Å². The standard InChI is InChI=1S/C9H12ClN/c1-9(2,3)8-6-7(10)4-5-11-8/h4-6H,1-3H3. The van der Waals surface area contributed by atoms with E-state index in [4.69, 9.17) is 11.6 Å². The van der Waals surface area contributed by atoms with Crippen molar-refractivity contribution >= 4 is 11.6 Å². The summed E-state index contributed by atoms with van der Waals surface area (Å²) in [6.45, 7) is 6.35. The fourth-order valence-corrected chi connectivity index (χ4v) is 0.975. The number of hydrogen-bond donors (Lipinski definition) is 0. The Morgan fingerprint density at radius 2 is 2.00 bits per heavy atom. The lowest BCUT2D eigenvalue weighted by Crippen LogP contribution is -2.12. The van der Waals surface area contributed by atoms with E-state index in [9.17, 15) is 0 Å². The Morgan fingerprint density at radius 3 is 2.36 bits per heavy atom. The van der Waals surface area contributed by atoms with Crippen LogP contribution >= 0.6 is 11.6 Å². The van der Waals surface area contributed by atoms with Gasteiger partial charge in [0.15, 0.2) is 0 Å². The summed E-state index contributed by atoms with van der Waals surface area (Å²) in [4.78, 5) is 4.23. The first-order chi connectivity index (χ1) is 5.00. The van der Waals surface area contributed by atoms with Crippen molar-refractivity contribution in [3.05, 3.63) is 29.0 Å².